The van der Waals surface area contributed by atoms with Gasteiger partial charge < -0.3 is 19.3 Å². The monoisotopic (exact) mass is 703 g/mol. The lowest BCUT2D eigenvalue weighted by Gasteiger charge is -2.40. The van der Waals surface area contributed by atoms with Gasteiger partial charge in [0, 0.05) is 68.4 Å². The van der Waals surface area contributed by atoms with E-state index in [9.17, 15) is 18.0 Å². The van der Waals surface area contributed by atoms with E-state index >= 15 is 0 Å². The number of nitrogens with one attached hydrogen (secondary N) is 1. The summed E-state index contributed by atoms with van der Waals surface area (Å²) in [6.45, 7) is 5.24. The molecule has 1 N–H and O–H groups in total. The number of rotatable bonds is 6. The third-order valence-electron chi connectivity index (χ3n) is 13.1. The number of anilines is 1. The maximum absolute atomic E-state index is 14.9. The van der Waals surface area contributed by atoms with Crippen molar-refractivity contribution in [1.82, 2.24) is 18.8 Å². The van der Waals surface area contributed by atoms with Gasteiger partial charge in [0.2, 0.25) is 5.91 Å². The highest BCUT2D eigenvalue weighted by molar-refractivity contribution is 7.87. The zero-order valence-corrected chi connectivity index (χ0v) is 29.8. The van der Waals surface area contributed by atoms with Crippen molar-refractivity contribution >= 4 is 27.7 Å². The number of hydrogen-bond acceptors (Lipinski definition) is 8. The predicted octanol–water partition coefficient (Wildman–Crippen LogP) is 4.02. The number of methoxy groups -OCH3 is 1. The standard InChI is InChI=1S/C38H49N5O6S/c1-48-28-10-12-29-31(21-28)32-22-38(32,37(45)41-15-14-40-13-5-8-27(40)23-41)24-43-33-20-26(36(44)39-50(46,47)42-16-18-49-19-17-42)9-11-30(33)34(35(29)43)25-6-3-2-4-7-25/h9-12,20-21,25,27,32,34-35H,2-8,13-19,22-24H2,1H3,(H,39,44)/t27-,32?,34?,35?,38?/m0/s1. The van der Waals surface area contributed by atoms with E-state index in [4.69, 9.17) is 9.47 Å². The van der Waals surface area contributed by atoms with Crippen LogP contribution in [0.3, 0.4) is 0 Å². The average molecular weight is 704 g/mol. The lowest BCUT2D eigenvalue weighted by Crippen LogP contribution is -2.55. The first-order valence-corrected chi connectivity index (χ1v) is 20.2. The van der Waals surface area contributed by atoms with E-state index in [2.05, 4.69) is 43.7 Å². The van der Waals surface area contributed by atoms with Crippen molar-refractivity contribution in [2.24, 2.45) is 11.3 Å². The second kappa shape index (κ2) is 12.5. The van der Waals surface area contributed by atoms with Crippen molar-refractivity contribution < 1.29 is 27.5 Å². The molecule has 2 saturated carbocycles. The van der Waals surface area contributed by atoms with E-state index in [-0.39, 0.29) is 36.9 Å². The number of fused-ring (bicyclic) bond motifs is 8. The minimum Gasteiger partial charge on any atom is -0.497 e. The number of carbonyl (C=O) groups excluding carboxylic acids is 2. The molecule has 12 heteroatoms. The average Bonchev–Trinajstić information content (AvgIpc) is 3.56. The Bertz CT molecular complexity index is 1790. The smallest absolute Gasteiger partial charge is 0.304 e. The van der Waals surface area contributed by atoms with Gasteiger partial charge in [-0.1, -0.05) is 31.4 Å². The number of morpholine rings is 1. The molecule has 268 valence electrons. The number of benzene rings is 2. The predicted molar refractivity (Wildman–Crippen MR) is 189 cm³/mol. The largest absolute Gasteiger partial charge is 0.497 e. The lowest BCUT2D eigenvalue weighted by atomic mass is 9.72. The van der Waals surface area contributed by atoms with Gasteiger partial charge in [-0.05, 0) is 85.5 Å². The molecule has 2 aromatic carbocycles. The maximum Gasteiger partial charge on any atom is 0.304 e. The molecule has 2 aliphatic carbocycles. The maximum atomic E-state index is 14.9. The van der Waals surface area contributed by atoms with Gasteiger partial charge in [-0.25, -0.2) is 4.72 Å². The van der Waals surface area contributed by atoms with Gasteiger partial charge >= 0.3 is 10.2 Å². The van der Waals surface area contributed by atoms with Crippen LogP contribution < -0.4 is 14.4 Å². The summed E-state index contributed by atoms with van der Waals surface area (Å²) in [6.07, 6.45) is 9.11. The Morgan fingerprint density at radius 3 is 2.50 bits per heavy atom. The fourth-order valence-electron chi connectivity index (χ4n) is 10.5. The van der Waals surface area contributed by atoms with Crippen LogP contribution >= 0.6 is 0 Å². The summed E-state index contributed by atoms with van der Waals surface area (Å²) in [5.41, 5.74) is 4.41. The molecule has 7 aliphatic rings. The van der Waals surface area contributed by atoms with Gasteiger partial charge in [0.05, 0.1) is 31.8 Å². The summed E-state index contributed by atoms with van der Waals surface area (Å²) in [5, 5.41) is 0. The Labute approximate surface area is 295 Å². The molecular formula is C38H49N5O6S. The Balaban J connectivity index is 1.11. The van der Waals surface area contributed by atoms with Crippen molar-refractivity contribution in [3.63, 3.8) is 0 Å². The molecule has 5 aliphatic heterocycles. The Morgan fingerprint density at radius 1 is 0.900 bits per heavy atom. The normalized spacial score (nSPS) is 31.1. The van der Waals surface area contributed by atoms with Gasteiger partial charge in [-0.2, -0.15) is 12.7 Å². The molecule has 50 heavy (non-hydrogen) atoms. The zero-order chi connectivity index (χ0) is 34.2. The Kier molecular flexibility index (Phi) is 8.17. The molecule has 0 bridgehead atoms. The van der Waals surface area contributed by atoms with Crippen LogP contribution in [0.1, 0.15) is 96.3 Å². The Hall–Kier alpha value is -3.19. The third kappa shape index (κ3) is 5.35. The van der Waals surface area contributed by atoms with Crippen LogP contribution in [-0.4, -0.2) is 107 Å². The van der Waals surface area contributed by atoms with Crippen LogP contribution in [-0.2, 0) is 19.7 Å². The first-order chi connectivity index (χ1) is 24.3. The first-order valence-electron chi connectivity index (χ1n) is 18.8. The van der Waals surface area contributed by atoms with Gasteiger partial charge in [0.15, 0.2) is 0 Å². The van der Waals surface area contributed by atoms with E-state index in [1.54, 1.807) is 13.2 Å². The minimum atomic E-state index is -4.02. The summed E-state index contributed by atoms with van der Waals surface area (Å²) < 4.78 is 41.1. The highest BCUT2D eigenvalue weighted by atomic mass is 32.2. The molecule has 5 atom stereocenters. The molecule has 2 amide bonds. The van der Waals surface area contributed by atoms with Crippen LogP contribution in [0.5, 0.6) is 5.75 Å². The van der Waals surface area contributed by atoms with E-state index in [1.165, 1.54) is 46.7 Å². The van der Waals surface area contributed by atoms with Crippen LogP contribution in [0, 0.1) is 11.3 Å². The lowest BCUT2D eigenvalue weighted by molar-refractivity contribution is -0.139. The number of nitrogens with zero attached hydrogens (tertiary/aromatic N) is 4. The summed E-state index contributed by atoms with van der Waals surface area (Å²) >= 11 is 0. The van der Waals surface area contributed by atoms with E-state index < -0.39 is 21.5 Å². The van der Waals surface area contributed by atoms with Crippen LogP contribution in [0.4, 0.5) is 5.69 Å². The van der Waals surface area contributed by atoms with Crippen molar-refractivity contribution in [2.75, 3.05) is 71.0 Å². The first kappa shape index (κ1) is 32.7. The molecule has 5 fully saturated rings. The second-order valence-electron chi connectivity index (χ2n) is 15.7. The summed E-state index contributed by atoms with van der Waals surface area (Å²) in [6, 6.07) is 12.7. The molecule has 3 saturated heterocycles. The van der Waals surface area contributed by atoms with E-state index in [0.29, 0.717) is 37.3 Å². The van der Waals surface area contributed by atoms with E-state index in [1.807, 2.05) is 6.07 Å². The SMILES string of the molecule is COc1ccc2c(c1)C1CC1(C(=O)N1CCN3CCC[C@H]3C1)CN1c3cc(C(=O)NS(=O)(=O)N4CCOCC4)ccc3C(C3CCCCC3)C21. The van der Waals surface area contributed by atoms with Crippen LogP contribution in [0.2, 0.25) is 0 Å². The Morgan fingerprint density at radius 2 is 1.70 bits per heavy atom. The summed E-state index contributed by atoms with van der Waals surface area (Å²) in [5.74, 6) is 1.23. The highest BCUT2D eigenvalue weighted by Crippen LogP contribution is 2.68. The molecule has 0 spiro atoms. The molecule has 11 nitrogen and oxygen atoms in total. The number of ether oxygens (including phenoxy) is 2. The third-order valence-corrected chi connectivity index (χ3v) is 14.6. The zero-order valence-electron chi connectivity index (χ0n) is 29.0. The van der Waals surface area contributed by atoms with Gasteiger partial charge in [-0.3, -0.25) is 14.5 Å². The van der Waals surface area contributed by atoms with Crippen molar-refractivity contribution in [3.8, 4) is 5.75 Å². The van der Waals surface area contributed by atoms with Crippen LogP contribution in [0.25, 0.3) is 0 Å². The number of hydrogen-bond donors (Lipinski definition) is 1. The minimum absolute atomic E-state index is 0.0218. The van der Waals surface area contributed by atoms with Crippen molar-refractivity contribution in [2.45, 2.75) is 75.3 Å². The number of piperazine rings is 1. The number of amides is 2. The summed E-state index contributed by atoms with van der Waals surface area (Å²) in [7, 11) is -2.31. The quantitative estimate of drug-likeness (QED) is 0.481. The fraction of sp³-hybridized carbons (Fsp3) is 0.632. The molecular weight excluding hydrogens is 655 g/mol. The highest BCUT2D eigenvalue weighted by Gasteiger charge is 2.66. The molecule has 5 heterocycles. The molecule has 0 radical (unpaired) electrons. The van der Waals surface area contributed by atoms with Crippen molar-refractivity contribution in [3.05, 3.63) is 58.7 Å². The van der Waals surface area contributed by atoms with Gasteiger partial charge in [0.25, 0.3) is 5.91 Å². The molecule has 0 aromatic heterocycles. The fourth-order valence-corrected chi connectivity index (χ4v) is 11.7. The van der Waals surface area contributed by atoms with Gasteiger partial charge in [0.1, 0.15) is 5.75 Å². The molecule has 9 rings (SSSR count). The summed E-state index contributed by atoms with van der Waals surface area (Å²) in [4.78, 5) is 35.7. The van der Waals surface area contributed by atoms with E-state index in [0.717, 1.165) is 63.3 Å². The topological polar surface area (TPSA) is 112 Å². The van der Waals surface area contributed by atoms with Crippen molar-refractivity contribution in [1.29, 1.82) is 0 Å². The van der Waals surface area contributed by atoms with Crippen LogP contribution in [0.15, 0.2) is 36.4 Å². The second-order valence-corrected chi connectivity index (χ2v) is 17.4. The molecule has 4 unspecified atom stereocenters. The molecule has 2 aromatic rings. The van der Waals surface area contributed by atoms with Gasteiger partial charge in [-0.15, -0.1) is 0 Å². The number of carbonyl (C=O) groups is 2.